The lowest BCUT2D eigenvalue weighted by Crippen LogP contribution is -2.01. The lowest BCUT2D eigenvalue weighted by molar-refractivity contribution is -0.136. The Hall–Kier alpha value is -2.07. The predicted molar refractivity (Wildman–Crippen MR) is 73.0 cm³/mol. The summed E-state index contributed by atoms with van der Waals surface area (Å²) in [5.74, 6) is -0.00788. The zero-order chi connectivity index (χ0) is 13.8. The maximum Gasteiger partial charge on any atom is 0.309 e. The number of aliphatic carboxylic acids is 1. The molecule has 5 heteroatoms. The Balaban J connectivity index is 2.15. The van der Waals surface area contributed by atoms with Gasteiger partial charge in [0, 0.05) is 11.1 Å². The van der Waals surface area contributed by atoms with Gasteiger partial charge in [-0.25, -0.2) is 4.98 Å². The summed E-state index contributed by atoms with van der Waals surface area (Å²) in [6, 6.07) is 7.31. The first-order valence-corrected chi connectivity index (χ1v) is 6.04. The molecular weight excluding hydrogens is 266 g/mol. The standard InChI is InChI=1S/C14H12ClNO3/c1-9-12(8-14(17)18)16-13(19-9)7-4-10-2-5-11(15)6-3-10/h2-7H,8H2,1H3,(H,17,18). The maximum atomic E-state index is 10.6. The van der Waals surface area contributed by atoms with Crippen molar-refractivity contribution in [1.29, 1.82) is 0 Å². The molecule has 0 aliphatic carbocycles. The van der Waals surface area contributed by atoms with E-state index < -0.39 is 5.97 Å². The number of hydrogen-bond donors (Lipinski definition) is 1. The fourth-order valence-electron chi connectivity index (χ4n) is 1.57. The van der Waals surface area contributed by atoms with Gasteiger partial charge in [0.05, 0.1) is 12.1 Å². The summed E-state index contributed by atoms with van der Waals surface area (Å²) in [5, 5.41) is 9.40. The molecule has 1 N–H and O–H groups in total. The number of carbonyl (C=O) groups is 1. The molecular formula is C14H12ClNO3. The molecule has 0 aliphatic heterocycles. The van der Waals surface area contributed by atoms with Crippen LogP contribution >= 0.6 is 11.6 Å². The zero-order valence-electron chi connectivity index (χ0n) is 10.3. The molecule has 0 amide bonds. The largest absolute Gasteiger partial charge is 0.481 e. The Morgan fingerprint density at radius 2 is 2.05 bits per heavy atom. The number of nitrogens with zero attached hydrogens (tertiary/aromatic N) is 1. The third kappa shape index (κ3) is 3.69. The molecule has 0 spiro atoms. The van der Waals surface area contributed by atoms with Crippen molar-refractivity contribution in [3.8, 4) is 0 Å². The first-order valence-electron chi connectivity index (χ1n) is 5.66. The summed E-state index contributed by atoms with van der Waals surface area (Å²) in [6.07, 6.45) is 3.39. The van der Waals surface area contributed by atoms with E-state index >= 15 is 0 Å². The number of rotatable bonds is 4. The highest BCUT2D eigenvalue weighted by Gasteiger charge is 2.10. The van der Waals surface area contributed by atoms with Gasteiger partial charge in [-0.15, -0.1) is 0 Å². The first kappa shape index (κ1) is 13.4. The summed E-state index contributed by atoms with van der Waals surface area (Å²) in [4.78, 5) is 14.8. The van der Waals surface area contributed by atoms with Crippen LogP contribution in [0.5, 0.6) is 0 Å². The highest BCUT2D eigenvalue weighted by Crippen LogP contribution is 2.15. The van der Waals surface area contributed by atoms with E-state index in [2.05, 4.69) is 4.98 Å². The van der Waals surface area contributed by atoms with Crippen molar-refractivity contribution in [1.82, 2.24) is 4.98 Å². The molecule has 98 valence electrons. The van der Waals surface area contributed by atoms with Gasteiger partial charge in [0.2, 0.25) is 5.89 Å². The summed E-state index contributed by atoms with van der Waals surface area (Å²) >= 11 is 5.79. The number of oxazole rings is 1. The average Bonchev–Trinajstić information content (AvgIpc) is 2.69. The first-order chi connectivity index (χ1) is 9.04. The molecule has 0 saturated carbocycles. The van der Waals surface area contributed by atoms with Gasteiger partial charge >= 0.3 is 5.97 Å². The normalized spacial score (nSPS) is 11.1. The van der Waals surface area contributed by atoms with Crippen molar-refractivity contribution >= 4 is 29.7 Å². The smallest absolute Gasteiger partial charge is 0.309 e. The van der Waals surface area contributed by atoms with E-state index in [0.717, 1.165) is 5.56 Å². The van der Waals surface area contributed by atoms with Crippen LogP contribution in [0.3, 0.4) is 0 Å². The molecule has 1 heterocycles. The van der Waals surface area contributed by atoms with Crippen LogP contribution in [0.4, 0.5) is 0 Å². The number of benzene rings is 1. The number of aromatic nitrogens is 1. The summed E-state index contributed by atoms with van der Waals surface area (Å²) in [6.45, 7) is 1.70. The molecule has 19 heavy (non-hydrogen) atoms. The molecule has 0 aliphatic rings. The van der Waals surface area contributed by atoms with Crippen LogP contribution in [0.2, 0.25) is 5.02 Å². The monoisotopic (exact) mass is 277 g/mol. The van der Waals surface area contributed by atoms with Gasteiger partial charge in [-0.2, -0.15) is 0 Å². The summed E-state index contributed by atoms with van der Waals surface area (Å²) < 4.78 is 5.37. The second-order valence-electron chi connectivity index (χ2n) is 4.01. The Kier molecular flexibility index (Phi) is 4.02. The van der Waals surface area contributed by atoms with E-state index in [1.165, 1.54) is 0 Å². The summed E-state index contributed by atoms with van der Waals surface area (Å²) in [5.41, 5.74) is 1.41. The van der Waals surface area contributed by atoms with Gasteiger partial charge in [-0.05, 0) is 30.7 Å². The van der Waals surface area contributed by atoms with Crippen molar-refractivity contribution < 1.29 is 14.3 Å². The second-order valence-corrected chi connectivity index (χ2v) is 4.45. The molecule has 0 fully saturated rings. The van der Waals surface area contributed by atoms with Crippen LogP contribution in [0.15, 0.2) is 28.7 Å². The van der Waals surface area contributed by atoms with Gasteiger partial charge in [0.1, 0.15) is 5.76 Å². The van der Waals surface area contributed by atoms with Crippen LogP contribution in [-0.2, 0) is 11.2 Å². The fraction of sp³-hybridized carbons (Fsp3) is 0.143. The molecule has 0 unspecified atom stereocenters. The van der Waals surface area contributed by atoms with E-state index in [-0.39, 0.29) is 6.42 Å². The van der Waals surface area contributed by atoms with Crippen molar-refractivity contribution in [2.24, 2.45) is 0 Å². The Morgan fingerprint density at radius 3 is 2.68 bits per heavy atom. The minimum absolute atomic E-state index is 0.135. The van der Waals surface area contributed by atoms with Crippen molar-refractivity contribution in [3.05, 3.63) is 52.2 Å². The topological polar surface area (TPSA) is 63.3 Å². The molecule has 0 bridgehead atoms. The second kappa shape index (κ2) is 5.71. The van der Waals surface area contributed by atoms with E-state index in [4.69, 9.17) is 21.1 Å². The van der Waals surface area contributed by atoms with Crippen LogP contribution < -0.4 is 0 Å². The molecule has 0 atom stereocenters. The number of carboxylic acid groups (broad SMARTS) is 1. The SMILES string of the molecule is Cc1oc(C=Cc2ccc(Cl)cc2)nc1CC(=O)O. The van der Waals surface area contributed by atoms with Crippen LogP contribution in [0, 0.1) is 6.92 Å². The molecule has 2 aromatic rings. The lowest BCUT2D eigenvalue weighted by atomic mass is 10.2. The third-order valence-electron chi connectivity index (χ3n) is 2.52. The number of halogens is 1. The van der Waals surface area contributed by atoms with Crippen LogP contribution in [0.1, 0.15) is 22.9 Å². The molecule has 1 aromatic heterocycles. The third-order valence-corrected chi connectivity index (χ3v) is 2.77. The van der Waals surface area contributed by atoms with Gasteiger partial charge in [0.25, 0.3) is 0 Å². The maximum absolute atomic E-state index is 10.6. The average molecular weight is 278 g/mol. The number of carboxylic acids is 1. The van der Waals surface area contributed by atoms with Gasteiger partial charge < -0.3 is 9.52 Å². The van der Waals surface area contributed by atoms with Gasteiger partial charge in [-0.3, -0.25) is 4.79 Å². The van der Waals surface area contributed by atoms with Gasteiger partial charge in [0.15, 0.2) is 0 Å². The fourth-order valence-corrected chi connectivity index (χ4v) is 1.70. The molecule has 2 rings (SSSR count). The van der Waals surface area contributed by atoms with Gasteiger partial charge in [-0.1, -0.05) is 23.7 Å². The van der Waals surface area contributed by atoms with E-state index in [1.54, 1.807) is 25.1 Å². The summed E-state index contributed by atoms with van der Waals surface area (Å²) in [7, 11) is 0. The van der Waals surface area contributed by atoms with Crippen LogP contribution in [-0.4, -0.2) is 16.1 Å². The molecule has 4 nitrogen and oxygen atoms in total. The minimum Gasteiger partial charge on any atom is -0.481 e. The molecule has 1 aromatic carbocycles. The number of hydrogen-bond acceptors (Lipinski definition) is 3. The zero-order valence-corrected chi connectivity index (χ0v) is 11.0. The highest BCUT2D eigenvalue weighted by atomic mass is 35.5. The van der Waals surface area contributed by atoms with E-state index in [0.29, 0.717) is 22.4 Å². The Morgan fingerprint density at radius 1 is 1.37 bits per heavy atom. The van der Waals surface area contributed by atoms with Crippen molar-refractivity contribution in [3.63, 3.8) is 0 Å². The Bertz CT molecular complexity index is 614. The van der Waals surface area contributed by atoms with Crippen LogP contribution in [0.25, 0.3) is 12.2 Å². The minimum atomic E-state index is -0.926. The predicted octanol–water partition coefficient (Wildman–Crippen LogP) is 3.43. The Labute approximate surface area is 115 Å². The lowest BCUT2D eigenvalue weighted by Gasteiger charge is -1.92. The van der Waals surface area contributed by atoms with Crippen molar-refractivity contribution in [2.45, 2.75) is 13.3 Å². The molecule has 0 saturated heterocycles. The highest BCUT2D eigenvalue weighted by molar-refractivity contribution is 6.30. The quantitative estimate of drug-likeness (QED) is 0.930. The van der Waals surface area contributed by atoms with E-state index in [9.17, 15) is 4.79 Å². The van der Waals surface area contributed by atoms with E-state index in [1.807, 2.05) is 18.2 Å². The molecule has 0 radical (unpaired) electrons. The van der Waals surface area contributed by atoms with Crippen molar-refractivity contribution in [2.75, 3.05) is 0 Å². The number of aryl methyl sites for hydroxylation is 1.